The van der Waals surface area contributed by atoms with E-state index in [0.29, 0.717) is 42.5 Å². The van der Waals surface area contributed by atoms with Gasteiger partial charge in [0.25, 0.3) is 0 Å². The average Bonchev–Trinajstić information content (AvgIpc) is 3.22. The van der Waals surface area contributed by atoms with Gasteiger partial charge in [0, 0.05) is 23.8 Å². The molecule has 0 saturated carbocycles. The van der Waals surface area contributed by atoms with Gasteiger partial charge in [0.05, 0.1) is 12.0 Å². The highest BCUT2D eigenvalue weighted by molar-refractivity contribution is 6.30. The van der Waals surface area contributed by atoms with Crippen molar-refractivity contribution in [2.75, 3.05) is 13.2 Å². The van der Waals surface area contributed by atoms with E-state index in [9.17, 15) is 9.18 Å². The maximum atomic E-state index is 13.8. The Hall–Kier alpha value is -2.77. The van der Waals surface area contributed by atoms with E-state index in [0.717, 1.165) is 5.56 Å². The summed E-state index contributed by atoms with van der Waals surface area (Å²) in [7, 11) is 0. The number of hydrogen-bond acceptors (Lipinski definition) is 5. The highest BCUT2D eigenvalue weighted by Crippen LogP contribution is 2.35. The van der Waals surface area contributed by atoms with Gasteiger partial charge in [-0.2, -0.15) is 4.98 Å². The third kappa shape index (κ3) is 4.16. The fourth-order valence-electron chi connectivity index (χ4n) is 3.52. The van der Waals surface area contributed by atoms with Gasteiger partial charge in [0.1, 0.15) is 5.82 Å². The van der Waals surface area contributed by atoms with Crippen molar-refractivity contribution < 1.29 is 18.4 Å². The number of ether oxygens (including phenoxy) is 1. The molecule has 0 atom stereocenters. The monoisotopic (exact) mass is 415 g/mol. The van der Waals surface area contributed by atoms with Gasteiger partial charge >= 0.3 is 0 Å². The molecule has 1 saturated heterocycles. The van der Waals surface area contributed by atoms with E-state index in [1.165, 1.54) is 12.1 Å². The lowest BCUT2D eigenvalue weighted by molar-refractivity contribution is -0.130. The number of halogens is 2. The van der Waals surface area contributed by atoms with Gasteiger partial charge in [-0.1, -0.05) is 28.9 Å². The summed E-state index contributed by atoms with van der Waals surface area (Å²) in [4.78, 5) is 17.4. The Bertz CT molecular complexity index is 1000. The summed E-state index contributed by atoms with van der Waals surface area (Å²) < 4.78 is 24.5. The van der Waals surface area contributed by atoms with Crippen LogP contribution in [0.4, 0.5) is 4.39 Å². The molecule has 1 aliphatic heterocycles. The van der Waals surface area contributed by atoms with Crippen molar-refractivity contribution in [3.63, 3.8) is 0 Å². The number of benzene rings is 2. The third-order valence-electron chi connectivity index (χ3n) is 5.13. The van der Waals surface area contributed by atoms with E-state index in [4.69, 9.17) is 20.9 Å². The second-order valence-corrected chi connectivity index (χ2v) is 7.34. The molecule has 2 heterocycles. The number of nitrogens with one attached hydrogen (secondary N) is 1. The fourth-order valence-corrected chi connectivity index (χ4v) is 3.65. The zero-order valence-electron chi connectivity index (χ0n) is 15.5. The first-order chi connectivity index (χ1) is 14.1. The maximum absolute atomic E-state index is 13.8. The van der Waals surface area contributed by atoms with Gasteiger partial charge < -0.3 is 14.6 Å². The summed E-state index contributed by atoms with van der Waals surface area (Å²) in [5, 5.41) is 7.43. The molecule has 0 bridgehead atoms. The van der Waals surface area contributed by atoms with Crippen LogP contribution in [-0.4, -0.2) is 29.3 Å². The standard InChI is InChI=1S/C21H19ClFN3O3/c22-16-6-4-14(5-7-16)19-25-18(29-26-19)13-24-20(27)21(8-10-28-11-9-21)15-2-1-3-17(23)12-15/h1-7,12H,8-11,13H2,(H,24,27). The molecule has 1 aromatic heterocycles. The summed E-state index contributed by atoms with van der Waals surface area (Å²) in [5.41, 5.74) is 0.557. The summed E-state index contributed by atoms with van der Waals surface area (Å²) >= 11 is 5.89. The first kappa shape index (κ1) is 19.5. The highest BCUT2D eigenvalue weighted by atomic mass is 35.5. The predicted molar refractivity (Wildman–Crippen MR) is 105 cm³/mol. The van der Waals surface area contributed by atoms with Crippen LogP contribution in [0.1, 0.15) is 24.3 Å². The lowest BCUT2D eigenvalue weighted by Gasteiger charge is -2.36. The van der Waals surface area contributed by atoms with Crippen molar-refractivity contribution in [3.05, 3.63) is 70.8 Å². The van der Waals surface area contributed by atoms with Gasteiger partial charge in [0.15, 0.2) is 0 Å². The Balaban J connectivity index is 1.49. The molecule has 4 rings (SSSR count). The van der Waals surface area contributed by atoms with Gasteiger partial charge in [0.2, 0.25) is 17.6 Å². The van der Waals surface area contributed by atoms with Crippen molar-refractivity contribution in [2.24, 2.45) is 0 Å². The third-order valence-corrected chi connectivity index (χ3v) is 5.38. The van der Waals surface area contributed by atoms with E-state index >= 15 is 0 Å². The molecule has 1 aliphatic rings. The van der Waals surface area contributed by atoms with Crippen LogP contribution in [0.15, 0.2) is 53.1 Å². The lowest BCUT2D eigenvalue weighted by Crippen LogP contribution is -2.47. The minimum atomic E-state index is -0.848. The quantitative estimate of drug-likeness (QED) is 0.684. The number of hydrogen-bond donors (Lipinski definition) is 1. The minimum absolute atomic E-state index is 0.0807. The summed E-state index contributed by atoms with van der Waals surface area (Å²) in [6, 6.07) is 13.2. The number of carbonyl (C=O) groups excluding carboxylic acids is 1. The topological polar surface area (TPSA) is 77.3 Å². The number of carbonyl (C=O) groups is 1. The number of nitrogens with zero attached hydrogens (tertiary/aromatic N) is 2. The molecule has 6 nitrogen and oxygen atoms in total. The molecule has 0 aliphatic carbocycles. The Morgan fingerprint density at radius 3 is 2.66 bits per heavy atom. The zero-order chi connectivity index (χ0) is 20.3. The Morgan fingerprint density at radius 1 is 1.17 bits per heavy atom. The van der Waals surface area contributed by atoms with Gasteiger partial charge in [-0.15, -0.1) is 0 Å². The highest BCUT2D eigenvalue weighted by Gasteiger charge is 2.41. The van der Waals surface area contributed by atoms with E-state index in [2.05, 4.69) is 15.5 Å². The summed E-state index contributed by atoms with van der Waals surface area (Å²) in [6.45, 7) is 0.952. The second-order valence-electron chi connectivity index (χ2n) is 6.91. The van der Waals surface area contributed by atoms with Crippen LogP contribution in [0.2, 0.25) is 5.02 Å². The molecular weight excluding hydrogens is 397 g/mol. The van der Waals surface area contributed by atoms with Crippen molar-refractivity contribution in [3.8, 4) is 11.4 Å². The molecule has 1 amide bonds. The van der Waals surface area contributed by atoms with Crippen molar-refractivity contribution in [1.82, 2.24) is 15.5 Å². The van der Waals surface area contributed by atoms with Gasteiger partial charge in [-0.05, 0) is 54.8 Å². The second kappa shape index (κ2) is 8.31. The Morgan fingerprint density at radius 2 is 1.93 bits per heavy atom. The summed E-state index contributed by atoms with van der Waals surface area (Å²) in [6.07, 6.45) is 0.949. The van der Waals surface area contributed by atoms with Crippen LogP contribution < -0.4 is 5.32 Å². The van der Waals surface area contributed by atoms with E-state index < -0.39 is 5.41 Å². The number of aromatic nitrogens is 2. The molecule has 3 aromatic rings. The number of amides is 1. The molecule has 2 aromatic carbocycles. The first-order valence-corrected chi connectivity index (χ1v) is 9.65. The predicted octanol–water partition coefficient (Wildman–Crippen LogP) is 3.89. The lowest BCUT2D eigenvalue weighted by atomic mass is 9.73. The molecule has 0 radical (unpaired) electrons. The largest absolute Gasteiger partial charge is 0.381 e. The van der Waals surface area contributed by atoms with Crippen LogP contribution in [0, 0.1) is 5.82 Å². The fraction of sp³-hybridized carbons (Fsp3) is 0.286. The minimum Gasteiger partial charge on any atom is -0.381 e. The van der Waals surface area contributed by atoms with E-state index in [1.54, 1.807) is 36.4 Å². The van der Waals surface area contributed by atoms with Crippen molar-refractivity contribution >= 4 is 17.5 Å². The van der Waals surface area contributed by atoms with Gasteiger partial charge in [-0.3, -0.25) is 4.79 Å². The number of rotatable bonds is 5. The first-order valence-electron chi connectivity index (χ1n) is 9.27. The summed E-state index contributed by atoms with van der Waals surface area (Å²) in [5.74, 6) is 0.116. The smallest absolute Gasteiger partial charge is 0.246 e. The molecule has 29 heavy (non-hydrogen) atoms. The van der Waals surface area contributed by atoms with Crippen LogP contribution in [-0.2, 0) is 21.5 Å². The zero-order valence-corrected chi connectivity index (χ0v) is 16.3. The molecule has 8 heteroatoms. The normalized spacial score (nSPS) is 15.8. The Kier molecular flexibility index (Phi) is 5.60. The SMILES string of the molecule is O=C(NCc1nc(-c2ccc(Cl)cc2)no1)C1(c2cccc(F)c2)CCOCC1. The molecule has 1 fully saturated rings. The molecule has 1 N–H and O–H groups in total. The Labute approximate surface area is 172 Å². The van der Waals surface area contributed by atoms with Crippen molar-refractivity contribution in [1.29, 1.82) is 0 Å². The van der Waals surface area contributed by atoms with Crippen LogP contribution in [0.3, 0.4) is 0 Å². The maximum Gasteiger partial charge on any atom is 0.246 e. The van der Waals surface area contributed by atoms with Crippen LogP contribution in [0.25, 0.3) is 11.4 Å². The average molecular weight is 416 g/mol. The van der Waals surface area contributed by atoms with Crippen LogP contribution >= 0.6 is 11.6 Å². The molecule has 150 valence electrons. The molecular formula is C21H19ClFN3O3. The van der Waals surface area contributed by atoms with E-state index in [1.807, 2.05) is 0 Å². The molecule has 0 unspecified atom stereocenters. The van der Waals surface area contributed by atoms with Crippen LogP contribution in [0.5, 0.6) is 0 Å². The molecule has 0 spiro atoms. The van der Waals surface area contributed by atoms with Gasteiger partial charge in [-0.25, -0.2) is 4.39 Å². The van der Waals surface area contributed by atoms with E-state index in [-0.39, 0.29) is 24.2 Å². The van der Waals surface area contributed by atoms with Crippen molar-refractivity contribution in [2.45, 2.75) is 24.8 Å².